The fraction of sp³-hybridized carbons (Fsp3) is 0.500. The number of benzene rings is 2. The number of ether oxygens (including phenoxy) is 6. The molecular formula is C28H38NO10P. The molecule has 2 unspecified atom stereocenters. The lowest BCUT2D eigenvalue weighted by atomic mass is 9.85. The SMILES string of the molecule is CCOC(=O)C(C)NP(=O)(COC)Oc1ccc(C[C@H]2C(=O)OC[C@@H]2Cc2ccc(OC)c(OC)c2)cc1OC. The number of nitrogens with one attached hydrogen (secondary N) is 1. The van der Waals surface area contributed by atoms with E-state index in [9.17, 15) is 14.2 Å². The van der Waals surface area contributed by atoms with Crippen molar-refractivity contribution in [3.05, 3.63) is 47.5 Å². The average molecular weight is 580 g/mol. The molecule has 0 bridgehead atoms. The molecule has 1 aliphatic heterocycles. The summed E-state index contributed by atoms with van der Waals surface area (Å²) in [7, 11) is 2.33. The highest BCUT2D eigenvalue weighted by Crippen LogP contribution is 2.47. The van der Waals surface area contributed by atoms with Gasteiger partial charge in [-0.25, -0.2) is 5.09 Å². The minimum Gasteiger partial charge on any atom is -0.493 e. The Kier molecular flexibility index (Phi) is 11.2. The highest BCUT2D eigenvalue weighted by atomic mass is 31.2. The maximum absolute atomic E-state index is 13.5. The van der Waals surface area contributed by atoms with Crippen molar-refractivity contribution in [3.8, 4) is 23.0 Å². The standard InChI is InChI=1S/C28H38NO10P/c1-7-37-27(30)18(2)29-40(32,17-33-3)39-24-11-9-20(15-26(24)36-6)13-22-21(16-38-28(22)31)12-19-8-10-23(34-4)25(14-19)35-5/h8-11,14-15,18,21-22H,7,12-13,16-17H2,1-6H3,(H,29,32)/t18?,21-,22+,40?/m0/s1. The second-order valence-electron chi connectivity index (χ2n) is 9.36. The van der Waals surface area contributed by atoms with Gasteiger partial charge in [0.1, 0.15) is 12.4 Å². The Morgan fingerprint density at radius 2 is 1.57 bits per heavy atom. The van der Waals surface area contributed by atoms with Crippen molar-refractivity contribution in [1.29, 1.82) is 0 Å². The molecule has 0 spiro atoms. The van der Waals surface area contributed by atoms with Crippen LogP contribution in [0.15, 0.2) is 36.4 Å². The van der Waals surface area contributed by atoms with E-state index in [1.165, 1.54) is 21.1 Å². The molecule has 3 rings (SSSR count). The summed E-state index contributed by atoms with van der Waals surface area (Å²) in [6.07, 6.45) is 0.758. The summed E-state index contributed by atoms with van der Waals surface area (Å²) in [5.74, 6) is 0.561. The molecule has 0 saturated carbocycles. The summed E-state index contributed by atoms with van der Waals surface area (Å²) >= 11 is 0. The fourth-order valence-corrected chi connectivity index (χ4v) is 6.25. The third-order valence-corrected chi connectivity index (χ3v) is 8.39. The fourth-order valence-electron chi connectivity index (χ4n) is 4.57. The van der Waals surface area contributed by atoms with Crippen molar-refractivity contribution in [2.45, 2.75) is 32.7 Å². The van der Waals surface area contributed by atoms with Crippen LogP contribution < -0.4 is 23.8 Å². The van der Waals surface area contributed by atoms with Crippen molar-refractivity contribution in [3.63, 3.8) is 0 Å². The van der Waals surface area contributed by atoms with Gasteiger partial charge in [-0.2, -0.15) is 0 Å². The van der Waals surface area contributed by atoms with E-state index in [1.807, 2.05) is 18.2 Å². The van der Waals surface area contributed by atoms with Crippen molar-refractivity contribution in [1.82, 2.24) is 5.09 Å². The molecule has 12 heteroatoms. The number of cyclic esters (lactones) is 1. The van der Waals surface area contributed by atoms with Gasteiger partial charge in [-0.05, 0) is 62.1 Å². The molecule has 1 saturated heterocycles. The third-order valence-electron chi connectivity index (χ3n) is 6.52. The number of hydrogen-bond acceptors (Lipinski definition) is 10. The second-order valence-corrected chi connectivity index (χ2v) is 11.4. The summed E-state index contributed by atoms with van der Waals surface area (Å²) < 4.78 is 51.0. The molecule has 1 heterocycles. The smallest absolute Gasteiger partial charge is 0.342 e. The quantitative estimate of drug-likeness (QED) is 0.243. The van der Waals surface area contributed by atoms with Gasteiger partial charge < -0.3 is 32.9 Å². The first-order valence-corrected chi connectivity index (χ1v) is 14.7. The molecule has 1 N–H and O–H groups in total. The molecule has 0 aliphatic carbocycles. The van der Waals surface area contributed by atoms with Crippen molar-refractivity contribution < 1.29 is 47.1 Å². The number of carbonyl (C=O) groups is 2. The maximum atomic E-state index is 13.5. The average Bonchev–Trinajstić information content (AvgIpc) is 3.27. The first-order valence-electron chi connectivity index (χ1n) is 12.9. The van der Waals surface area contributed by atoms with Crippen LogP contribution in [0.25, 0.3) is 0 Å². The minimum atomic E-state index is -3.68. The lowest BCUT2D eigenvalue weighted by Gasteiger charge is -2.24. The van der Waals surface area contributed by atoms with E-state index in [0.29, 0.717) is 36.7 Å². The second kappa shape index (κ2) is 14.4. The Bertz CT molecular complexity index is 1220. The molecule has 1 aliphatic rings. The molecule has 40 heavy (non-hydrogen) atoms. The summed E-state index contributed by atoms with van der Waals surface area (Å²) in [5, 5.41) is 2.70. The van der Waals surface area contributed by atoms with Gasteiger partial charge in [0.15, 0.2) is 23.0 Å². The molecule has 0 radical (unpaired) electrons. The summed E-state index contributed by atoms with van der Waals surface area (Å²) in [5.41, 5.74) is 1.82. The van der Waals surface area contributed by atoms with Crippen LogP contribution in [-0.4, -0.2) is 66.0 Å². The number of esters is 2. The van der Waals surface area contributed by atoms with E-state index in [4.69, 9.17) is 32.9 Å². The first-order chi connectivity index (χ1) is 19.2. The van der Waals surface area contributed by atoms with Crippen LogP contribution in [0.3, 0.4) is 0 Å². The van der Waals surface area contributed by atoms with Gasteiger partial charge in [0.25, 0.3) is 0 Å². The van der Waals surface area contributed by atoms with Crippen LogP contribution in [-0.2, 0) is 41.2 Å². The summed E-state index contributed by atoms with van der Waals surface area (Å²) in [4.78, 5) is 24.7. The Morgan fingerprint density at radius 1 is 0.975 bits per heavy atom. The third kappa shape index (κ3) is 7.90. The normalized spacial score (nSPS) is 18.8. The zero-order valence-corrected chi connectivity index (χ0v) is 24.7. The van der Waals surface area contributed by atoms with Crippen LogP contribution in [0, 0.1) is 11.8 Å². The largest absolute Gasteiger partial charge is 0.493 e. The number of carbonyl (C=O) groups excluding carboxylic acids is 2. The minimum absolute atomic E-state index is 0.0389. The van der Waals surface area contributed by atoms with E-state index in [-0.39, 0.29) is 36.5 Å². The zero-order chi connectivity index (χ0) is 29.3. The molecule has 0 aromatic heterocycles. The van der Waals surface area contributed by atoms with Crippen molar-refractivity contribution in [2.24, 2.45) is 11.8 Å². The Hall–Kier alpha value is -3.27. The Labute approximate surface area is 234 Å². The van der Waals surface area contributed by atoms with Gasteiger partial charge in [0.05, 0.1) is 40.5 Å². The maximum Gasteiger partial charge on any atom is 0.342 e. The molecule has 11 nitrogen and oxygen atoms in total. The molecule has 220 valence electrons. The number of rotatable bonds is 15. The molecular weight excluding hydrogens is 541 g/mol. The van der Waals surface area contributed by atoms with Gasteiger partial charge in [-0.3, -0.25) is 14.2 Å². The predicted molar refractivity (Wildman–Crippen MR) is 147 cm³/mol. The summed E-state index contributed by atoms with van der Waals surface area (Å²) in [6.45, 7) is 3.73. The Morgan fingerprint density at radius 3 is 2.17 bits per heavy atom. The van der Waals surface area contributed by atoms with Crippen molar-refractivity contribution in [2.75, 3.05) is 48.0 Å². The predicted octanol–water partition coefficient (Wildman–Crippen LogP) is 4.00. The molecule has 4 atom stereocenters. The van der Waals surface area contributed by atoms with Gasteiger partial charge in [0, 0.05) is 13.0 Å². The van der Waals surface area contributed by atoms with E-state index in [2.05, 4.69) is 5.09 Å². The van der Waals surface area contributed by atoms with E-state index >= 15 is 0 Å². The Balaban J connectivity index is 1.76. The lowest BCUT2D eigenvalue weighted by molar-refractivity contribution is -0.144. The monoisotopic (exact) mass is 579 g/mol. The molecule has 2 aromatic rings. The highest BCUT2D eigenvalue weighted by Gasteiger charge is 2.37. The van der Waals surface area contributed by atoms with Crippen LogP contribution in [0.1, 0.15) is 25.0 Å². The summed E-state index contributed by atoms with van der Waals surface area (Å²) in [6, 6.07) is 9.95. The number of methoxy groups -OCH3 is 4. The van der Waals surface area contributed by atoms with Gasteiger partial charge >= 0.3 is 19.5 Å². The number of hydrogen-bond donors (Lipinski definition) is 1. The zero-order valence-electron chi connectivity index (χ0n) is 23.8. The van der Waals surface area contributed by atoms with E-state index in [1.54, 1.807) is 39.3 Å². The van der Waals surface area contributed by atoms with Crippen LogP contribution in [0.4, 0.5) is 0 Å². The topological polar surface area (TPSA) is 128 Å². The van der Waals surface area contributed by atoms with Gasteiger partial charge in [0.2, 0.25) is 0 Å². The molecule has 1 fully saturated rings. The van der Waals surface area contributed by atoms with Crippen LogP contribution >= 0.6 is 7.52 Å². The van der Waals surface area contributed by atoms with Gasteiger partial charge in [-0.1, -0.05) is 12.1 Å². The van der Waals surface area contributed by atoms with Crippen LogP contribution in [0.5, 0.6) is 23.0 Å². The molecule has 0 amide bonds. The lowest BCUT2D eigenvalue weighted by Crippen LogP contribution is -2.35. The highest BCUT2D eigenvalue weighted by molar-refractivity contribution is 7.57. The van der Waals surface area contributed by atoms with E-state index < -0.39 is 19.5 Å². The molecule has 2 aromatic carbocycles. The van der Waals surface area contributed by atoms with Crippen molar-refractivity contribution >= 4 is 19.5 Å². The van der Waals surface area contributed by atoms with Crippen LogP contribution in [0.2, 0.25) is 0 Å². The first kappa shape index (κ1) is 31.3. The van der Waals surface area contributed by atoms with Gasteiger partial charge in [-0.15, -0.1) is 0 Å². The van der Waals surface area contributed by atoms with E-state index in [0.717, 1.165) is 11.1 Å².